The van der Waals surface area contributed by atoms with Crippen LogP contribution in [0.15, 0.2) is 12.1 Å². The molecule has 0 fully saturated rings. The molecule has 7 heteroatoms. The third-order valence-electron chi connectivity index (χ3n) is 1.68. The lowest BCUT2D eigenvalue weighted by molar-refractivity contribution is -0.136. The maximum atomic E-state index is 12.8. The number of carbonyl (C=O) groups is 1. The van der Waals surface area contributed by atoms with Gasteiger partial charge in [0.2, 0.25) is 0 Å². The van der Waals surface area contributed by atoms with Crippen LogP contribution in [0.1, 0.15) is 15.9 Å². The molecule has 0 radical (unpaired) electrons. The van der Waals surface area contributed by atoms with Crippen LogP contribution in [0.2, 0.25) is 0 Å². The number of benzene rings is 1. The SMILES string of the molecule is Nc1cc(F)c(C(=O)O)cc1C(F)(F)F. The van der Waals surface area contributed by atoms with E-state index in [0.717, 1.165) is 0 Å². The Balaban J connectivity index is 3.43. The van der Waals surface area contributed by atoms with E-state index in [0.29, 0.717) is 6.07 Å². The molecule has 0 saturated carbocycles. The van der Waals surface area contributed by atoms with Gasteiger partial charge in [-0.2, -0.15) is 13.2 Å². The fourth-order valence-electron chi connectivity index (χ4n) is 0.998. The van der Waals surface area contributed by atoms with E-state index in [1.807, 2.05) is 0 Å². The lowest BCUT2D eigenvalue weighted by Crippen LogP contribution is -2.12. The maximum Gasteiger partial charge on any atom is 0.418 e. The number of aromatic carboxylic acids is 1. The Hall–Kier alpha value is -1.79. The van der Waals surface area contributed by atoms with E-state index in [-0.39, 0.29) is 6.07 Å². The van der Waals surface area contributed by atoms with Crippen LogP contribution >= 0.6 is 0 Å². The minimum atomic E-state index is -4.80. The summed E-state index contributed by atoms with van der Waals surface area (Å²) in [7, 11) is 0. The van der Waals surface area contributed by atoms with Crippen molar-refractivity contribution in [1.82, 2.24) is 0 Å². The molecule has 0 aliphatic carbocycles. The second-order valence-electron chi connectivity index (χ2n) is 2.72. The number of carboxylic acids is 1. The highest BCUT2D eigenvalue weighted by molar-refractivity contribution is 5.89. The van der Waals surface area contributed by atoms with Crippen LogP contribution in [0.4, 0.5) is 23.2 Å². The first kappa shape index (κ1) is 11.3. The lowest BCUT2D eigenvalue weighted by atomic mass is 10.1. The zero-order valence-electron chi connectivity index (χ0n) is 7.10. The van der Waals surface area contributed by atoms with Gasteiger partial charge in [-0.25, -0.2) is 9.18 Å². The maximum absolute atomic E-state index is 12.8. The average Bonchev–Trinajstić information content (AvgIpc) is 2.00. The number of hydrogen-bond acceptors (Lipinski definition) is 2. The van der Waals surface area contributed by atoms with Crippen LogP contribution < -0.4 is 5.73 Å². The zero-order valence-corrected chi connectivity index (χ0v) is 7.10. The fraction of sp³-hybridized carbons (Fsp3) is 0.125. The van der Waals surface area contributed by atoms with Crippen molar-refractivity contribution in [3.63, 3.8) is 0 Å². The van der Waals surface area contributed by atoms with Gasteiger partial charge >= 0.3 is 12.1 Å². The molecule has 0 bridgehead atoms. The van der Waals surface area contributed by atoms with E-state index < -0.39 is 34.8 Å². The van der Waals surface area contributed by atoms with Crippen molar-refractivity contribution in [3.05, 3.63) is 29.1 Å². The highest BCUT2D eigenvalue weighted by Gasteiger charge is 2.34. The summed E-state index contributed by atoms with van der Waals surface area (Å²) in [5.41, 5.74) is 1.66. The standard InChI is InChI=1S/C8H5F4NO2/c9-5-2-6(13)4(8(10,11)12)1-3(5)7(14)15/h1-2H,13H2,(H,14,15). The molecule has 1 rings (SSSR count). The molecule has 1 aromatic carbocycles. The van der Waals surface area contributed by atoms with Crippen molar-refractivity contribution >= 4 is 11.7 Å². The van der Waals surface area contributed by atoms with Gasteiger partial charge in [-0.3, -0.25) is 0 Å². The number of carboxylic acid groups (broad SMARTS) is 1. The van der Waals surface area contributed by atoms with Gasteiger partial charge in [0.15, 0.2) is 0 Å². The second kappa shape index (κ2) is 3.41. The van der Waals surface area contributed by atoms with Gasteiger partial charge in [0.25, 0.3) is 0 Å². The van der Waals surface area contributed by atoms with Crippen LogP contribution in [-0.4, -0.2) is 11.1 Å². The zero-order chi connectivity index (χ0) is 11.8. The molecule has 15 heavy (non-hydrogen) atoms. The van der Waals surface area contributed by atoms with Crippen LogP contribution in [0.3, 0.4) is 0 Å². The third-order valence-corrected chi connectivity index (χ3v) is 1.68. The third kappa shape index (κ3) is 2.17. The van der Waals surface area contributed by atoms with Crippen LogP contribution in [0, 0.1) is 5.82 Å². The van der Waals surface area contributed by atoms with Crippen molar-refractivity contribution in [2.24, 2.45) is 0 Å². The van der Waals surface area contributed by atoms with Crippen molar-refractivity contribution in [2.45, 2.75) is 6.18 Å². The Morgan fingerprint density at radius 1 is 1.33 bits per heavy atom. The number of nitrogen functional groups attached to an aromatic ring is 1. The van der Waals surface area contributed by atoms with Gasteiger partial charge in [-0.05, 0) is 12.1 Å². The van der Waals surface area contributed by atoms with Crippen molar-refractivity contribution in [3.8, 4) is 0 Å². The fourth-order valence-corrected chi connectivity index (χ4v) is 0.998. The average molecular weight is 223 g/mol. The molecule has 0 saturated heterocycles. The first-order valence-electron chi connectivity index (χ1n) is 3.63. The first-order valence-corrected chi connectivity index (χ1v) is 3.63. The number of nitrogens with two attached hydrogens (primary N) is 1. The minimum Gasteiger partial charge on any atom is -0.478 e. The molecule has 1 aromatic rings. The minimum absolute atomic E-state index is 0.174. The largest absolute Gasteiger partial charge is 0.478 e. The molecule has 0 aliphatic rings. The number of alkyl halides is 3. The summed E-state index contributed by atoms with van der Waals surface area (Å²) in [6.07, 6.45) is -4.80. The van der Waals surface area contributed by atoms with Crippen LogP contribution in [-0.2, 0) is 6.18 Å². The van der Waals surface area contributed by atoms with E-state index in [1.165, 1.54) is 0 Å². The summed E-state index contributed by atoms with van der Waals surface area (Å²) in [4.78, 5) is 10.4. The molecule has 3 nitrogen and oxygen atoms in total. The predicted octanol–water partition coefficient (Wildman–Crippen LogP) is 2.12. The molecule has 0 aliphatic heterocycles. The lowest BCUT2D eigenvalue weighted by Gasteiger charge is -2.10. The normalized spacial score (nSPS) is 11.5. The molecule has 3 N–H and O–H groups in total. The highest BCUT2D eigenvalue weighted by Crippen LogP contribution is 2.34. The Morgan fingerprint density at radius 2 is 1.87 bits per heavy atom. The molecule has 0 unspecified atom stereocenters. The topological polar surface area (TPSA) is 63.3 Å². The van der Waals surface area contributed by atoms with E-state index in [1.54, 1.807) is 0 Å². The van der Waals surface area contributed by atoms with E-state index >= 15 is 0 Å². The first-order chi connectivity index (χ1) is 6.73. The molecule has 0 heterocycles. The Bertz CT molecular complexity index is 414. The van der Waals surface area contributed by atoms with Crippen LogP contribution in [0.5, 0.6) is 0 Å². The summed E-state index contributed by atoms with van der Waals surface area (Å²) in [6.45, 7) is 0. The van der Waals surface area contributed by atoms with Crippen molar-refractivity contribution in [1.29, 1.82) is 0 Å². The van der Waals surface area contributed by atoms with Gasteiger partial charge in [0.05, 0.1) is 11.1 Å². The van der Waals surface area contributed by atoms with E-state index in [2.05, 4.69) is 0 Å². The summed E-state index contributed by atoms with van der Waals surface area (Å²) in [5.74, 6) is -3.08. The molecular formula is C8H5F4NO2. The number of halogens is 4. The van der Waals surface area contributed by atoms with Gasteiger partial charge in [0, 0.05) is 5.69 Å². The van der Waals surface area contributed by atoms with Crippen molar-refractivity contribution in [2.75, 3.05) is 5.73 Å². The van der Waals surface area contributed by atoms with Gasteiger partial charge < -0.3 is 10.8 Å². The summed E-state index contributed by atoms with van der Waals surface area (Å²) in [6, 6.07) is 0.513. The summed E-state index contributed by atoms with van der Waals surface area (Å²) < 4.78 is 49.5. The highest BCUT2D eigenvalue weighted by atomic mass is 19.4. The smallest absolute Gasteiger partial charge is 0.418 e. The molecule has 82 valence electrons. The van der Waals surface area contributed by atoms with Crippen molar-refractivity contribution < 1.29 is 27.5 Å². The monoisotopic (exact) mass is 223 g/mol. The Kier molecular flexibility index (Phi) is 2.57. The summed E-state index contributed by atoms with van der Waals surface area (Å²) >= 11 is 0. The second-order valence-corrected chi connectivity index (χ2v) is 2.72. The van der Waals surface area contributed by atoms with Crippen LogP contribution in [0.25, 0.3) is 0 Å². The number of hydrogen-bond donors (Lipinski definition) is 2. The van der Waals surface area contributed by atoms with Gasteiger partial charge in [-0.15, -0.1) is 0 Å². The number of anilines is 1. The Labute approximate surface area is 81.1 Å². The van der Waals surface area contributed by atoms with Gasteiger partial charge in [-0.1, -0.05) is 0 Å². The summed E-state index contributed by atoms with van der Waals surface area (Å²) in [5, 5.41) is 8.40. The van der Waals surface area contributed by atoms with E-state index in [4.69, 9.17) is 10.8 Å². The predicted molar refractivity (Wildman–Crippen MR) is 42.8 cm³/mol. The van der Waals surface area contributed by atoms with E-state index in [9.17, 15) is 22.4 Å². The molecule has 0 atom stereocenters. The van der Waals surface area contributed by atoms with Gasteiger partial charge in [0.1, 0.15) is 5.82 Å². The Morgan fingerprint density at radius 3 is 2.27 bits per heavy atom. The number of rotatable bonds is 1. The quantitative estimate of drug-likeness (QED) is 0.566. The molecular weight excluding hydrogens is 218 g/mol. The molecule has 0 spiro atoms. The molecule has 0 aromatic heterocycles. The molecule has 0 amide bonds.